The Balaban J connectivity index is 2.24. The number of hydrogen-bond donors (Lipinski definition) is 0. The highest BCUT2D eigenvalue weighted by Gasteiger charge is 2.33. The molecule has 3 rings (SSSR count). The molecule has 0 aliphatic carbocycles. The first-order valence-electron chi connectivity index (χ1n) is 10.6. The van der Waals surface area contributed by atoms with Crippen LogP contribution in [0.1, 0.15) is 39.6 Å². The molecule has 170 valence electrons. The highest BCUT2D eigenvalue weighted by Crippen LogP contribution is 2.28. The van der Waals surface area contributed by atoms with E-state index in [-0.39, 0.29) is 11.5 Å². The van der Waals surface area contributed by atoms with Crippen LogP contribution in [0.4, 0.5) is 0 Å². The lowest BCUT2D eigenvalue weighted by molar-refractivity contribution is -0.142. The van der Waals surface area contributed by atoms with E-state index in [4.69, 9.17) is 14.5 Å². The average Bonchev–Trinajstić information content (AvgIpc) is 2.78. The van der Waals surface area contributed by atoms with Gasteiger partial charge in [0, 0.05) is 19.1 Å². The molecule has 1 heterocycles. The summed E-state index contributed by atoms with van der Waals surface area (Å²) in [5, 5.41) is 0.518. The number of fused-ring (bicyclic) bond motifs is 1. The molecule has 3 aromatic rings. The quantitative estimate of drug-likeness (QED) is 0.559. The number of ether oxygens (including phenoxy) is 2. The second-order valence-corrected chi connectivity index (χ2v) is 8.74. The molecule has 0 aliphatic heterocycles. The maximum absolute atomic E-state index is 13.6. The molecule has 1 atom stereocenters. The van der Waals surface area contributed by atoms with Gasteiger partial charge in [0.2, 0.25) is 5.91 Å². The van der Waals surface area contributed by atoms with E-state index < -0.39 is 11.5 Å². The molecule has 0 saturated heterocycles. The van der Waals surface area contributed by atoms with Gasteiger partial charge in [-0.25, -0.2) is 4.98 Å². The van der Waals surface area contributed by atoms with Crippen molar-refractivity contribution in [1.29, 1.82) is 0 Å². The summed E-state index contributed by atoms with van der Waals surface area (Å²) in [7, 11) is 3.20. The predicted octanol–water partition coefficient (Wildman–Crippen LogP) is 3.98. The number of para-hydroxylation sites is 1. The van der Waals surface area contributed by atoms with Gasteiger partial charge >= 0.3 is 0 Å². The van der Waals surface area contributed by atoms with Gasteiger partial charge in [-0.05, 0) is 43.3 Å². The molecule has 7 heteroatoms. The minimum Gasteiger partial charge on any atom is -0.497 e. The van der Waals surface area contributed by atoms with Crippen molar-refractivity contribution < 1.29 is 14.3 Å². The van der Waals surface area contributed by atoms with E-state index in [1.54, 1.807) is 41.9 Å². The normalized spacial score (nSPS) is 12.6. The van der Waals surface area contributed by atoms with E-state index in [1.807, 2.05) is 58.0 Å². The van der Waals surface area contributed by atoms with Crippen LogP contribution in [-0.2, 0) is 9.53 Å². The standard InChI is InChI=1S/C25H31N3O4/c1-17(27(15-16-31-5)24(30)25(2,3)4)22-26-21-10-8-7-9-20(21)23(29)28(22)18-11-13-19(32-6)14-12-18/h7-14,17H,15-16H2,1-6H3. The highest BCUT2D eigenvalue weighted by atomic mass is 16.5. The van der Waals surface area contributed by atoms with Crippen LogP contribution in [0, 0.1) is 5.41 Å². The SMILES string of the molecule is COCCN(C(=O)C(C)(C)C)C(C)c1nc2ccccc2c(=O)n1-c1ccc(OC)cc1. The van der Waals surface area contributed by atoms with E-state index >= 15 is 0 Å². The van der Waals surface area contributed by atoms with Crippen molar-refractivity contribution >= 4 is 16.8 Å². The molecular formula is C25H31N3O4. The Labute approximate surface area is 188 Å². The number of carbonyl (C=O) groups is 1. The van der Waals surface area contributed by atoms with Crippen LogP contribution in [0.15, 0.2) is 53.3 Å². The van der Waals surface area contributed by atoms with E-state index in [1.165, 1.54) is 0 Å². The van der Waals surface area contributed by atoms with Crippen LogP contribution in [0.25, 0.3) is 16.6 Å². The van der Waals surface area contributed by atoms with Gasteiger partial charge in [0.1, 0.15) is 11.6 Å². The molecule has 0 aliphatic rings. The molecule has 0 radical (unpaired) electrons. The maximum atomic E-state index is 13.6. The van der Waals surface area contributed by atoms with E-state index in [0.29, 0.717) is 41.3 Å². The first kappa shape index (κ1) is 23.5. The highest BCUT2D eigenvalue weighted by molar-refractivity contribution is 5.82. The number of benzene rings is 2. The third kappa shape index (κ3) is 4.67. The van der Waals surface area contributed by atoms with Crippen LogP contribution < -0.4 is 10.3 Å². The Morgan fingerprint density at radius 3 is 2.34 bits per heavy atom. The summed E-state index contributed by atoms with van der Waals surface area (Å²) in [6.07, 6.45) is 0. The number of nitrogens with zero attached hydrogens (tertiary/aromatic N) is 3. The third-order valence-electron chi connectivity index (χ3n) is 5.41. The molecule has 1 amide bonds. The molecule has 0 saturated carbocycles. The zero-order chi connectivity index (χ0) is 23.5. The third-order valence-corrected chi connectivity index (χ3v) is 5.41. The summed E-state index contributed by atoms with van der Waals surface area (Å²) in [5.41, 5.74) is 0.478. The molecule has 0 fully saturated rings. The number of amides is 1. The van der Waals surface area contributed by atoms with Gasteiger partial charge in [0.15, 0.2) is 0 Å². The fourth-order valence-electron chi connectivity index (χ4n) is 3.64. The molecular weight excluding hydrogens is 406 g/mol. The summed E-state index contributed by atoms with van der Waals surface area (Å²) in [4.78, 5) is 33.5. The number of methoxy groups -OCH3 is 2. The molecule has 0 spiro atoms. The lowest BCUT2D eigenvalue weighted by atomic mass is 9.94. The summed E-state index contributed by atoms with van der Waals surface area (Å²) >= 11 is 0. The second-order valence-electron chi connectivity index (χ2n) is 8.74. The summed E-state index contributed by atoms with van der Waals surface area (Å²) in [6, 6.07) is 14.0. The van der Waals surface area contributed by atoms with Gasteiger partial charge in [0.05, 0.1) is 36.3 Å². The van der Waals surface area contributed by atoms with Crippen LogP contribution in [0.5, 0.6) is 5.75 Å². The average molecular weight is 438 g/mol. The van der Waals surface area contributed by atoms with Crippen LogP contribution in [0.3, 0.4) is 0 Å². The van der Waals surface area contributed by atoms with Crippen molar-refractivity contribution in [2.24, 2.45) is 5.41 Å². The van der Waals surface area contributed by atoms with Crippen molar-refractivity contribution in [3.63, 3.8) is 0 Å². The van der Waals surface area contributed by atoms with E-state index in [0.717, 1.165) is 0 Å². The second kappa shape index (κ2) is 9.53. The van der Waals surface area contributed by atoms with Crippen LogP contribution in [-0.4, -0.2) is 47.7 Å². The number of aromatic nitrogens is 2. The number of carbonyl (C=O) groups excluding carboxylic acids is 1. The van der Waals surface area contributed by atoms with Gasteiger partial charge in [-0.15, -0.1) is 0 Å². The Morgan fingerprint density at radius 1 is 1.09 bits per heavy atom. The zero-order valence-corrected chi connectivity index (χ0v) is 19.6. The largest absolute Gasteiger partial charge is 0.497 e. The lowest BCUT2D eigenvalue weighted by Gasteiger charge is -2.34. The number of hydrogen-bond acceptors (Lipinski definition) is 5. The minimum absolute atomic E-state index is 0.0364. The Bertz CT molecular complexity index is 1150. The molecule has 7 nitrogen and oxygen atoms in total. The lowest BCUT2D eigenvalue weighted by Crippen LogP contribution is -2.44. The smallest absolute Gasteiger partial charge is 0.266 e. The molecule has 0 N–H and O–H groups in total. The van der Waals surface area contributed by atoms with E-state index in [2.05, 4.69) is 0 Å². The van der Waals surface area contributed by atoms with Crippen LogP contribution in [0.2, 0.25) is 0 Å². The molecule has 1 unspecified atom stereocenters. The van der Waals surface area contributed by atoms with Gasteiger partial charge in [-0.3, -0.25) is 14.2 Å². The van der Waals surface area contributed by atoms with Crippen molar-refractivity contribution in [1.82, 2.24) is 14.5 Å². The molecule has 1 aromatic heterocycles. The Morgan fingerprint density at radius 2 is 1.75 bits per heavy atom. The monoisotopic (exact) mass is 437 g/mol. The first-order valence-corrected chi connectivity index (χ1v) is 10.6. The first-order chi connectivity index (χ1) is 15.2. The summed E-state index contributed by atoms with van der Waals surface area (Å²) in [6.45, 7) is 8.31. The van der Waals surface area contributed by atoms with Gasteiger partial charge in [-0.2, -0.15) is 0 Å². The molecule has 0 bridgehead atoms. The summed E-state index contributed by atoms with van der Waals surface area (Å²) < 4.78 is 12.1. The zero-order valence-electron chi connectivity index (χ0n) is 19.6. The van der Waals surface area contributed by atoms with E-state index in [9.17, 15) is 9.59 Å². The van der Waals surface area contributed by atoms with Gasteiger partial charge in [0.25, 0.3) is 5.56 Å². The maximum Gasteiger partial charge on any atom is 0.266 e. The van der Waals surface area contributed by atoms with Gasteiger partial charge in [-0.1, -0.05) is 32.9 Å². The van der Waals surface area contributed by atoms with Crippen molar-refractivity contribution in [3.05, 3.63) is 64.7 Å². The van der Waals surface area contributed by atoms with Crippen molar-refractivity contribution in [2.75, 3.05) is 27.4 Å². The predicted molar refractivity (Wildman–Crippen MR) is 125 cm³/mol. The molecule has 32 heavy (non-hydrogen) atoms. The fraction of sp³-hybridized carbons (Fsp3) is 0.400. The van der Waals surface area contributed by atoms with Crippen molar-refractivity contribution in [3.8, 4) is 11.4 Å². The minimum atomic E-state index is -0.593. The molecule has 2 aromatic carbocycles. The number of rotatable bonds is 7. The summed E-state index contributed by atoms with van der Waals surface area (Å²) in [5.74, 6) is 1.15. The van der Waals surface area contributed by atoms with Crippen molar-refractivity contribution in [2.45, 2.75) is 33.7 Å². The topological polar surface area (TPSA) is 73.7 Å². The fourth-order valence-corrected chi connectivity index (χ4v) is 3.64. The van der Waals surface area contributed by atoms with Gasteiger partial charge < -0.3 is 14.4 Å². The Hall–Kier alpha value is -3.19. The van der Waals surface area contributed by atoms with Crippen LogP contribution >= 0.6 is 0 Å². The Kier molecular flexibility index (Phi) is 6.99.